The molecule has 0 fully saturated rings. The molecule has 3 amide bonds. The van der Waals surface area contributed by atoms with Crippen LogP contribution in [0.5, 0.6) is 0 Å². The number of nitrogens with two attached hydrogens (primary N) is 1. The number of alkyl carbamates (subject to hydrolysis) is 1. The molecule has 7 nitrogen and oxygen atoms in total. The van der Waals surface area contributed by atoms with Gasteiger partial charge in [0.05, 0.1) is 0 Å². The predicted molar refractivity (Wildman–Crippen MR) is 119 cm³/mol. The van der Waals surface area contributed by atoms with Crippen LogP contribution in [-0.4, -0.2) is 30.0 Å². The molecule has 0 aromatic heterocycles. The number of allylic oxidation sites excluding steroid dienone is 1. The van der Waals surface area contributed by atoms with Crippen LogP contribution < -0.4 is 16.4 Å². The summed E-state index contributed by atoms with van der Waals surface area (Å²) in [5.41, 5.74) is 7.13. The van der Waals surface area contributed by atoms with E-state index in [-0.39, 0.29) is 13.0 Å². The van der Waals surface area contributed by atoms with Crippen molar-refractivity contribution >= 4 is 17.9 Å². The summed E-state index contributed by atoms with van der Waals surface area (Å²) < 4.78 is 5.25. The molecule has 0 saturated carbocycles. The molecular weight excluding hydrogens is 394 g/mol. The van der Waals surface area contributed by atoms with Crippen molar-refractivity contribution in [1.82, 2.24) is 10.6 Å². The van der Waals surface area contributed by atoms with Gasteiger partial charge in [0.15, 0.2) is 0 Å². The zero-order chi connectivity index (χ0) is 22.5. The van der Waals surface area contributed by atoms with Gasteiger partial charge >= 0.3 is 6.09 Å². The lowest BCUT2D eigenvalue weighted by Crippen LogP contribution is -2.53. The number of ether oxygens (including phenoxy) is 1. The summed E-state index contributed by atoms with van der Waals surface area (Å²) >= 11 is 0. The third kappa shape index (κ3) is 8.74. The summed E-state index contributed by atoms with van der Waals surface area (Å²) in [6.45, 7) is 3.73. The Morgan fingerprint density at radius 1 is 0.935 bits per heavy atom. The average molecular weight is 424 g/mol. The maximum absolute atomic E-state index is 12.9. The Hall–Kier alpha value is -3.61. The second-order valence-electron chi connectivity index (χ2n) is 7.13. The third-order valence-electron chi connectivity index (χ3n) is 4.66. The largest absolute Gasteiger partial charge is 0.445 e. The predicted octanol–water partition coefficient (Wildman–Crippen LogP) is 2.85. The maximum atomic E-state index is 12.9. The molecule has 2 aromatic carbocycles. The molecule has 2 atom stereocenters. The van der Waals surface area contributed by atoms with Crippen LogP contribution in [0.1, 0.15) is 30.4 Å². The smallest absolute Gasteiger partial charge is 0.408 e. The Morgan fingerprint density at radius 3 is 2.13 bits per heavy atom. The normalized spacial score (nSPS) is 12.3. The quantitative estimate of drug-likeness (QED) is 0.360. The Bertz CT molecular complexity index is 856. The lowest BCUT2D eigenvalue weighted by atomic mass is 10.0. The summed E-state index contributed by atoms with van der Waals surface area (Å²) in [4.78, 5) is 37.0. The van der Waals surface area contributed by atoms with Crippen molar-refractivity contribution in [3.63, 3.8) is 0 Å². The molecule has 0 radical (unpaired) electrons. The summed E-state index contributed by atoms with van der Waals surface area (Å²) in [6, 6.07) is 16.7. The SMILES string of the molecule is C=CCCC[C@H](NC(=O)[C@@H](Cc1ccccc1)NC(=O)OCc1ccccc1)C(N)=O. The first-order valence-electron chi connectivity index (χ1n) is 10.2. The van der Waals surface area contributed by atoms with Crippen LogP contribution in [0.25, 0.3) is 0 Å². The molecule has 0 spiro atoms. The zero-order valence-corrected chi connectivity index (χ0v) is 17.5. The minimum Gasteiger partial charge on any atom is -0.445 e. The fraction of sp³-hybridized carbons (Fsp3) is 0.292. The van der Waals surface area contributed by atoms with Crippen LogP contribution in [0.4, 0.5) is 4.79 Å². The second kappa shape index (κ2) is 12.8. The van der Waals surface area contributed by atoms with Crippen molar-refractivity contribution in [3.05, 3.63) is 84.4 Å². The fourth-order valence-corrected chi connectivity index (χ4v) is 2.99. The van der Waals surface area contributed by atoms with E-state index in [1.165, 1.54) is 0 Å². The topological polar surface area (TPSA) is 111 Å². The standard InChI is InChI=1S/C24H29N3O4/c1-2-3-6-15-20(22(25)28)26-23(29)21(16-18-11-7-4-8-12-18)27-24(30)31-17-19-13-9-5-10-14-19/h2,4-5,7-14,20-21H,1,3,6,15-17H2,(H2,25,28)(H,26,29)(H,27,30)/t20-,21+/m0/s1. The number of hydrogen-bond acceptors (Lipinski definition) is 4. The average Bonchev–Trinajstić information content (AvgIpc) is 2.78. The van der Waals surface area contributed by atoms with E-state index >= 15 is 0 Å². The molecule has 2 rings (SSSR count). The number of rotatable bonds is 12. The van der Waals surface area contributed by atoms with Gasteiger partial charge in [0, 0.05) is 6.42 Å². The molecule has 4 N–H and O–H groups in total. The fourth-order valence-electron chi connectivity index (χ4n) is 2.99. The maximum Gasteiger partial charge on any atom is 0.408 e. The Balaban J connectivity index is 2.03. The molecule has 7 heteroatoms. The first-order chi connectivity index (χ1) is 15.0. The van der Waals surface area contributed by atoms with Crippen molar-refractivity contribution in [1.29, 1.82) is 0 Å². The zero-order valence-electron chi connectivity index (χ0n) is 17.5. The number of benzene rings is 2. The molecule has 164 valence electrons. The van der Waals surface area contributed by atoms with Crippen molar-refractivity contribution in [2.24, 2.45) is 5.73 Å². The van der Waals surface area contributed by atoms with Crippen LogP contribution in [0.3, 0.4) is 0 Å². The van der Waals surface area contributed by atoms with E-state index in [0.717, 1.165) is 11.1 Å². The second-order valence-corrected chi connectivity index (χ2v) is 7.13. The van der Waals surface area contributed by atoms with E-state index in [9.17, 15) is 14.4 Å². The minimum atomic E-state index is -0.924. The minimum absolute atomic E-state index is 0.0812. The molecule has 0 unspecified atom stereocenters. The molecule has 0 aliphatic heterocycles. The highest BCUT2D eigenvalue weighted by atomic mass is 16.5. The van der Waals surface area contributed by atoms with E-state index < -0.39 is 30.0 Å². The number of amides is 3. The first-order valence-corrected chi connectivity index (χ1v) is 10.2. The van der Waals surface area contributed by atoms with E-state index in [0.29, 0.717) is 19.3 Å². The summed E-state index contributed by atoms with van der Waals surface area (Å²) in [5.74, 6) is -1.12. The Kier molecular flexibility index (Phi) is 9.81. The molecule has 0 heterocycles. The Morgan fingerprint density at radius 2 is 1.55 bits per heavy atom. The lowest BCUT2D eigenvalue weighted by Gasteiger charge is -2.22. The Labute approximate surface area is 182 Å². The van der Waals surface area contributed by atoms with Crippen molar-refractivity contribution in [2.75, 3.05) is 0 Å². The molecule has 0 bridgehead atoms. The van der Waals surface area contributed by atoms with Crippen LogP contribution in [0.2, 0.25) is 0 Å². The lowest BCUT2D eigenvalue weighted by molar-refractivity contribution is -0.128. The van der Waals surface area contributed by atoms with Crippen LogP contribution in [0, 0.1) is 0 Å². The van der Waals surface area contributed by atoms with Crippen molar-refractivity contribution in [2.45, 2.75) is 44.4 Å². The van der Waals surface area contributed by atoms with Crippen molar-refractivity contribution < 1.29 is 19.1 Å². The number of primary amides is 1. The van der Waals surface area contributed by atoms with E-state index in [2.05, 4.69) is 17.2 Å². The van der Waals surface area contributed by atoms with Gasteiger partial charge in [0.25, 0.3) is 0 Å². The van der Waals surface area contributed by atoms with E-state index in [4.69, 9.17) is 10.5 Å². The molecular formula is C24H29N3O4. The number of unbranched alkanes of at least 4 members (excludes halogenated alkanes) is 1. The molecule has 0 saturated heterocycles. The highest BCUT2D eigenvalue weighted by molar-refractivity contribution is 5.90. The van der Waals surface area contributed by atoms with E-state index in [1.807, 2.05) is 60.7 Å². The van der Waals surface area contributed by atoms with Crippen LogP contribution in [0.15, 0.2) is 73.3 Å². The first kappa shape index (κ1) is 23.7. The van der Waals surface area contributed by atoms with Gasteiger partial charge in [-0.2, -0.15) is 0 Å². The van der Waals surface area contributed by atoms with Gasteiger partial charge in [-0.05, 0) is 30.4 Å². The number of carbonyl (C=O) groups is 3. The van der Waals surface area contributed by atoms with Crippen LogP contribution >= 0.6 is 0 Å². The van der Waals surface area contributed by atoms with Gasteiger partial charge in [0.1, 0.15) is 18.7 Å². The van der Waals surface area contributed by atoms with Gasteiger partial charge < -0.3 is 21.1 Å². The van der Waals surface area contributed by atoms with Crippen molar-refractivity contribution in [3.8, 4) is 0 Å². The summed E-state index contributed by atoms with van der Waals surface area (Å²) in [7, 11) is 0. The van der Waals surface area contributed by atoms with Gasteiger partial charge in [-0.3, -0.25) is 9.59 Å². The highest BCUT2D eigenvalue weighted by Crippen LogP contribution is 2.07. The monoisotopic (exact) mass is 423 g/mol. The van der Waals surface area contributed by atoms with E-state index in [1.54, 1.807) is 6.08 Å². The van der Waals surface area contributed by atoms with Gasteiger partial charge in [0.2, 0.25) is 11.8 Å². The summed E-state index contributed by atoms with van der Waals surface area (Å²) in [5, 5.41) is 5.26. The third-order valence-corrected chi connectivity index (χ3v) is 4.66. The van der Waals surface area contributed by atoms with Gasteiger partial charge in [-0.15, -0.1) is 6.58 Å². The highest BCUT2D eigenvalue weighted by Gasteiger charge is 2.26. The number of nitrogens with one attached hydrogen (secondary N) is 2. The number of carbonyl (C=O) groups excluding carboxylic acids is 3. The molecule has 0 aliphatic rings. The number of hydrogen-bond donors (Lipinski definition) is 3. The molecule has 0 aliphatic carbocycles. The summed E-state index contributed by atoms with van der Waals surface area (Å²) in [6.07, 6.45) is 3.02. The van der Waals surface area contributed by atoms with Gasteiger partial charge in [-0.1, -0.05) is 66.7 Å². The van der Waals surface area contributed by atoms with Gasteiger partial charge in [-0.25, -0.2) is 4.79 Å². The molecule has 2 aromatic rings. The molecule has 31 heavy (non-hydrogen) atoms. The van der Waals surface area contributed by atoms with Crippen LogP contribution in [-0.2, 0) is 27.4 Å².